The van der Waals surface area contributed by atoms with Gasteiger partial charge in [0.2, 0.25) is 0 Å². The Bertz CT molecular complexity index is 244. The monoisotopic (exact) mass is 217 g/mol. The van der Waals surface area contributed by atoms with Crippen molar-refractivity contribution in [3.63, 3.8) is 0 Å². The zero-order valence-corrected chi connectivity index (χ0v) is 9.83. The maximum Gasteiger partial charge on any atom is 0.407 e. The van der Waals surface area contributed by atoms with Crippen molar-refractivity contribution in [1.82, 2.24) is 5.32 Å². The Hall–Kier alpha value is -1.26. The SMILES string of the molecule is C[C@H](NC(=O)OC(C)(C)C)[C@H](C)C(=O)O. The van der Waals surface area contributed by atoms with Crippen LogP contribution in [0.2, 0.25) is 0 Å². The number of carbonyl (C=O) groups is 2. The highest BCUT2D eigenvalue weighted by Gasteiger charge is 2.23. The van der Waals surface area contributed by atoms with Crippen LogP contribution in [0.4, 0.5) is 4.79 Å². The summed E-state index contributed by atoms with van der Waals surface area (Å²) in [6.45, 7) is 8.40. The molecule has 0 saturated heterocycles. The number of carboxylic acids is 1. The van der Waals surface area contributed by atoms with Crippen LogP contribution in [-0.4, -0.2) is 28.8 Å². The number of amides is 1. The summed E-state index contributed by atoms with van der Waals surface area (Å²) in [7, 11) is 0. The topological polar surface area (TPSA) is 75.6 Å². The van der Waals surface area contributed by atoms with Crippen LogP contribution in [0.15, 0.2) is 0 Å². The molecule has 15 heavy (non-hydrogen) atoms. The third-order valence-electron chi connectivity index (χ3n) is 1.88. The average molecular weight is 217 g/mol. The van der Waals surface area contributed by atoms with Crippen molar-refractivity contribution in [2.24, 2.45) is 5.92 Å². The number of hydrogen-bond donors (Lipinski definition) is 2. The number of rotatable bonds is 3. The van der Waals surface area contributed by atoms with Crippen molar-refractivity contribution >= 4 is 12.1 Å². The van der Waals surface area contributed by atoms with E-state index in [1.807, 2.05) is 0 Å². The first-order valence-corrected chi connectivity index (χ1v) is 4.86. The summed E-state index contributed by atoms with van der Waals surface area (Å²) in [4.78, 5) is 21.9. The van der Waals surface area contributed by atoms with Gasteiger partial charge in [0, 0.05) is 6.04 Å². The molecule has 2 atom stereocenters. The van der Waals surface area contributed by atoms with Crippen molar-refractivity contribution in [2.75, 3.05) is 0 Å². The Morgan fingerprint density at radius 2 is 1.73 bits per heavy atom. The molecule has 2 N–H and O–H groups in total. The highest BCUT2D eigenvalue weighted by atomic mass is 16.6. The third-order valence-corrected chi connectivity index (χ3v) is 1.88. The zero-order chi connectivity index (χ0) is 12.2. The van der Waals surface area contributed by atoms with Crippen LogP contribution in [0.1, 0.15) is 34.6 Å². The van der Waals surface area contributed by atoms with Crippen LogP contribution >= 0.6 is 0 Å². The van der Waals surface area contributed by atoms with Gasteiger partial charge in [0.15, 0.2) is 0 Å². The van der Waals surface area contributed by atoms with Gasteiger partial charge in [0.1, 0.15) is 5.60 Å². The van der Waals surface area contributed by atoms with Crippen molar-refractivity contribution in [1.29, 1.82) is 0 Å². The number of ether oxygens (including phenoxy) is 1. The minimum absolute atomic E-state index is 0.461. The van der Waals surface area contributed by atoms with Gasteiger partial charge in [0.25, 0.3) is 0 Å². The zero-order valence-electron chi connectivity index (χ0n) is 9.83. The normalized spacial score (nSPS) is 15.3. The van der Waals surface area contributed by atoms with Crippen molar-refractivity contribution in [2.45, 2.75) is 46.3 Å². The average Bonchev–Trinajstić information content (AvgIpc) is 1.98. The standard InChI is InChI=1S/C10H19NO4/c1-6(8(12)13)7(2)11-9(14)15-10(3,4)5/h6-7H,1-5H3,(H,11,14)(H,12,13)/t6-,7-/m0/s1. The van der Waals surface area contributed by atoms with Gasteiger partial charge in [0.05, 0.1) is 5.92 Å². The van der Waals surface area contributed by atoms with E-state index in [9.17, 15) is 9.59 Å². The summed E-state index contributed by atoms with van der Waals surface area (Å²) < 4.78 is 5.00. The van der Waals surface area contributed by atoms with E-state index in [0.717, 1.165) is 0 Å². The van der Waals surface area contributed by atoms with Gasteiger partial charge in [-0.05, 0) is 34.6 Å². The molecule has 0 saturated carbocycles. The number of nitrogens with one attached hydrogen (secondary N) is 1. The predicted octanol–water partition coefficient (Wildman–Crippen LogP) is 1.62. The first kappa shape index (κ1) is 13.7. The number of hydrogen-bond acceptors (Lipinski definition) is 3. The fourth-order valence-corrected chi connectivity index (χ4v) is 0.832. The fraction of sp³-hybridized carbons (Fsp3) is 0.800. The first-order chi connectivity index (χ1) is 6.63. The maximum absolute atomic E-state index is 11.3. The van der Waals surface area contributed by atoms with E-state index < -0.39 is 29.6 Å². The molecule has 0 fully saturated rings. The number of alkyl carbamates (subject to hydrolysis) is 1. The molecule has 0 aromatic rings. The van der Waals surface area contributed by atoms with E-state index in [1.54, 1.807) is 27.7 Å². The quantitative estimate of drug-likeness (QED) is 0.753. The molecule has 0 aliphatic heterocycles. The molecule has 0 aromatic carbocycles. The predicted molar refractivity (Wildman–Crippen MR) is 55.6 cm³/mol. The third kappa shape index (κ3) is 5.93. The minimum atomic E-state index is -0.946. The van der Waals surface area contributed by atoms with Gasteiger partial charge < -0.3 is 15.2 Å². The molecule has 88 valence electrons. The first-order valence-electron chi connectivity index (χ1n) is 4.86. The molecule has 0 spiro atoms. The summed E-state index contributed by atoms with van der Waals surface area (Å²) in [6.07, 6.45) is -0.594. The highest BCUT2D eigenvalue weighted by Crippen LogP contribution is 2.08. The van der Waals surface area contributed by atoms with Gasteiger partial charge >= 0.3 is 12.1 Å². The lowest BCUT2D eigenvalue weighted by Crippen LogP contribution is -2.42. The van der Waals surface area contributed by atoms with Crippen LogP contribution in [0.5, 0.6) is 0 Å². The molecule has 0 unspecified atom stereocenters. The molecule has 0 rings (SSSR count). The van der Waals surface area contributed by atoms with E-state index in [-0.39, 0.29) is 0 Å². The lowest BCUT2D eigenvalue weighted by atomic mass is 10.0. The molecule has 0 bridgehead atoms. The van der Waals surface area contributed by atoms with Crippen LogP contribution in [0, 0.1) is 5.92 Å². The largest absolute Gasteiger partial charge is 0.481 e. The molecular weight excluding hydrogens is 198 g/mol. The van der Waals surface area contributed by atoms with Crippen LogP contribution in [0.3, 0.4) is 0 Å². The van der Waals surface area contributed by atoms with E-state index in [1.165, 1.54) is 6.92 Å². The Balaban J connectivity index is 4.13. The Labute approximate surface area is 89.8 Å². The minimum Gasteiger partial charge on any atom is -0.481 e. The van der Waals surface area contributed by atoms with Gasteiger partial charge in [-0.15, -0.1) is 0 Å². The Morgan fingerprint density at radius 1 is 1.27 bits per heavy atom. The number of carboxylic acid groups (broad SMARTS) is 1. The molecule has 1 amide bonds. The summed E-state index contributed by atoms with van der Waals surface area (Å²) in [5, 5.41) is 11.2. The fourth-order valence-electron chi connectivity index (χ4n) is 0.832. The smallest absolute Gasteiger partial charge is 0.407 e. The van der Waals surface area contributed by atoms with Gasteiger partial charge in [-0.3, -0.25) is 4.79 Å². The lowest BCUT2D eigenvalue weighted by Gasteiger charge is -2.23. The van der Waals surface area contributed by atoms with Crippen LogP contribution < -0.4 is 5.32 Å². The van der Waals surface area contributed by atoms with Gasteiger partial charge in [-0.1, -0.05) is 0 Å². The van der Waals surface area contributed by atoms with Gasteiger partial charge in [-0.2, -0.15) is 0 Å². The Kier molecular flexibility index (Phi) is 4.58. The van der Waals surface area contributed by atoms with E-state index in [4.69, 9.17) is 9.84 Å². The highest BCUT2D eigenvalue weighted by molar-refractivity contribution is 5.73. The second-order valence-electron chi connectivity index (χ2n) is 4.56. The molecular formula is C10H19NO4. The molecule has 5 nitrogen and oxygen atoms in total. The molecule has 0 aromatic heterocycles. The molecule has 0 heterocycles. The van der Waals surface area contributed by atoms with Crippen molar-refractivity contribution in [3.05, 3.63) is 0 Å². The molecule has 0 radical (unpaired) electrons. The second-order valence-corrected chi connectivity index (χ2v) is 4.56. The summed E-state index contributed by atoms with van der Waals surface area (Å²) >= 11 is 0. The van der Waals surface area contributed by atoms with E-state index in [2.05, 4.69) is 5.32 Å². The second kappa shape index (κ2) is 5.00. The van der Waals surface area contributed by atoms with Crippen molar-refractivity contribution < 1.29 is 19.4 Å². The maximum atomic E-state index is 11.3. The van der Waals surface area contributed by atoms with Crippen LogP contribution in [-0.2, 0) is 9.53 Å². The van der Waals surface area contributed by atoms with E-state index >= 15 is 0 Å². The van der Waals surface area contributed by atoms with Crippen molar-refractivity contribution in [3.8, 4) is 0 Å². The number of aliphatic carboxylic acids is 1. The van der Waals surface area contributed by atoms with Crippen LogP contribution in [0.25, 0.3) is 0 Å². The lowest BCUT2D eigenvalue weighted by molar-refractivity contribution is -0.141. The summed E-state index contributed by atoms with van der Waals surface area (Å²) in [6, 6.07) is -0.461. The Morgan fingerprint density at radius 3 is 2.07 bits per heavy atom. The molecule has 0 aliphatic rings. The van der Waals surface area contributed by atoms with Gasteiger partial charge in [-0.25, -0.2) is 4.79 Å². The number of carbonyl (C=O) groups excluding carboxylic acids is 1. The molecule has 0 aliphatic carbocycles. The summed E-state index contributed by atoms with van der Waals surface area (Å²) in [5.41, 5.74) is -0.573. The van der Waals surface area contributed by atoms with E-state index in [0.29, 0.717) is 0 Å². The molecule has 5 heteroatoms. The summed E-state index contributed by atoms with van der Waals surface area (Å²) in [5.74, 6) is -1.59.